The van der Waals surface area contributed by atoms with Gasteiger partial charge in [0, 0.05) is 0 Å². The van der Waals surface area contributed by atoms with Gasteiger partial charge in [-0.05, 0) is 25.3 Å². The van der Waals surface area contributed by atoms with Crippen LogP contribution in [0.15, 0.2) is 5.83 Å². The van der Waals surface area contributed by atoms with Gasteiger partial charge in [0.05, 0.1) is 0 Å². The van der Waals surface area contributed by atoms with Crippen molar-refractivity contribution in [2.45, 2.75) is 19.3 Å². The minimum absolute atomic E-state index is 0.0463. The standard InChI is InChI=1S/C5H6F/c6-5-3-1-2-4-5/h1-3H2. The maximum Gasteiger partial charge on any atom is 0.103 e. The van der Waals surface area contributed by atoms with Crippen molar-refractivity contribution < 1.29 is 4.39 Å². The Balaban J connectivity index is 2.45. The Kier molecular flexibility index (Phi) is 0.906. The minimum atomic E-state index is -0.0463. The summed E-state index contributed by atoms with van der Waals surface area (Å²) in [4.78, 5) is 0. The van der Waals surface area contributed by atoms with Crippen LogP contribution in [0.25, 0.3) is 0 Å². The Morgan fingerprint density at radius 3 is 2.67 bits per heavy atom. The second-order valence-corrected chi connectivity index (χ2v) is 1.44. The zero-order valence-corrected chi connectivity index (χ0v) is 3.50. The van der Waals surface area contributed by atoms with Gasteiger partial charge in [-0.2, -0.15) is 0 Å². The first kappa shape index (κ1) is 3.85. The molecule has 1 heteroatoms. The van der Waals surface area contributed by atoms with Gasteiger partial charge in [0.1, 0.15) is 5.83 Å². The molecule has 0 atom stereocenters. The highest BCUT2D eigenvalue weighted by molar-refractivity contribution is 4.90. The molecule has 0 bridgehead atoms. The van der Waals surface area contributed by atoms with Crippen LogP contribution in [0.5, 0.6) is 0 Å². The van der Waals surface area contributed by atoms with Crippen molar-refractivity contribution in [3.63, 3.8) is 0 Å². The molecule has 0 nitrogen and oxygen atoms in total. The molecule has 1 aliphatic carbocycles. The van der Waals surface area contributed by atoms with Crippen molar-refractivity contribution in [1.29, 1.82) is 0 Å². The summed E-state index contributed by atoms with van der Waals surface area (Å²) < 4.78 is 11.7. The van der Waals surface area contributed by atoms with Crippen LogP contribution in [0, 0.1) is 6.08 Å². The van der Waals surface area contributed by atoms with Crippen LogP contribution >= 0.6 is 0 Å². The molecule has 0 N–H and O–H groups in total. The molecular formula is C5H6F. The van der Waals surface area contributed by atoms with Crippen LogP contribution in [0.3, 0.4) is 0 Å². The molecule has 0 unspecified atom stereocenters. The van der Waals surface area contributed by atoms with Crippen molar-refractivity contribution in [3.8, 4) is 0 Å². The molecule has 0 aliphatic heterocycles. The lowest BCUT2D eigenvalue weighted by molar-refractivity contribution is 0.603. The molecule has 0 aromatic carbocycles. The van der Waals surface area contributed by atoms with E-state index in [0.717, 1.165) is 12.8 Å². The summed E-state index contributed by atoms with van der Waals surface area (Å²) in [5.41, 5.74) is 0. The van der Waals surface area contributed by atoms with Crippen molar-refractivity contribution in [3.05, 3.63) is 11.9 Å². The van der Waals surface area contributed by atoms with Crippen molar-refractivity contribution in [1.82, 2.24) is 0 Å². The highest BCUT2D eigenvalue weighted by Gasteiger charge is 2.00. The van der Waals surface area contributed by atoms with Gasteiger partial charge in [-0.3, -0.25) is 0 Å². The van der Waals surface area contributed by atoms with E-state index in [-0.39, 0.29) is 5.83 Å². The highest BCUT2D eigenvalue weighted by Crippen LogP contribution is 2.16. The third-order valence-corrected chi connectivity index (χ3v) is 0.890. The molecule has 1 aliphatic rings. The quantitative estimate of drug-likeness (QED) is 0.421. The smallest absolute Gasteiger partial charge is 0.103 e. The third kappa shape index (κ3) is 0.588. The lowest BCUT2D eigenvalue weighted by Crippen LogP contribution is -1.57. The van der Waals surface area contributed by atoms with E-state index in [9.17, 15) is 4.39 Å². The largest absolute Gasteiger partial charge is 0.212 e. The number of hydrogen-bond acceptors (Lipinski definition) is 0. The predicted octanol–water partition coefficient (Wildman–Crippen LogP) is 1.83. The van der Waals surface area contributed by atoms with Gasteiger partial charge in [0.15, 0.2) is 0 Å². The first-order valence-corrected chi connectivity index (χ1v) is 2.15. The average Bonchev–Trinajstić information content (AvgIpc) is 1.86. The first-order chi connectivity index (χ1) is 2.89. The molecule has 1 rings (SSSR count). The number of rotatable bonds is 0. The Hall–Kier alpha value is -0.330. The molecule has 33 valence electrons. The topological polar surface area (TPSA) is 0 Å². The summed E-state index contributed by atoms with van der Waals surface area (Å²) in [6.07, 6.45) is 4.98. The van der Waals surface area contributed by atoms with Gasteiger partial charge < -0.3 is 0 Å². The monoisotopic (exact) mass is 85.0 g/mol. The second-order valence-electron chi connectivity index (χ2n) is 1.44. The van der Waals surface area contributed by atoms with Gasteiger partial charge in [-0.1, -0.05) is 0 Å². The van der Waals surface area contributed by atoms with Crippen LogP contribution in [-0.2, 0) is 0 Å². The SMILES string of the molecule is FC1=[C]CCC1. The van der Waals surface area contributed by atoms with E-state index in [1.165, 1.54) is 0 Å². The first-order valence-electron chi connectivity index (χ1n) is 2.15. The van der Waals surface area contributed by atoms with Gasteiger partial charge in [0.2, 0.25) is 0 Å². The van der Waals surface area contributed by atoms with Gasteiger partial charge in [-0.15, -0.1) is 0 Å². The molecule has 6 heavy (non-hydrogen) atoms. The third-order valence-electron chi connectivity index (χ3n) is 0.890. The highest BCUT2D eigenvalue weighted by atomic mass is 19.1. The Morgan fingerprint density at radius 2 is 2.50 bits per heavy atom. The Labute approximate surface area is 36.7 Å². The van der Waals surface area contributed by atoms with E-state index < -0.39 is 0 Å². The minimum Gasteiger partial charge on any atom is -0.212 e. The van der Waals surface area contributed by atoms with E-state index in [2.05, 4.69) is 6.08 Å². The number of halogens is 1. The van der Waals surface area contributed by atoms with Gasteiger partial charge in [-0.25, -0.2) is 4.39 Å². The van der Waals surface area contributed by atoms with Crippen LogP contribution in [0.4, 0.5) is 4.39 Å². The molecule has 0 amide bonds. The lowest BCUT2D eigenvalue weighted by Gasteiger charge is -1.74. The van der Waals surface area contributed by atoms with Gasteiger partial charge >= 0.3 is 0 Å². The molecular weight excluding hydrogens is 79.1 g/mol. The average molecular weight is 85.1 g/mol. The molecule has 0 saturated heterocycles. The summed E-state index contributed by atoms with van der Waals surface area (Å²) in [6, 6.07) is 0. The van der Waals surface area contributed by atoms with E-state index in [1.54, 1.807) is 0 Å². The van der Waals surface area contributed by atoms with Crippen LogP contribution in [-0.4, -0.2) is 0 Å². The number of hydrogen-bond donors (Lipinski definition) is 0. The van der Waals surface area contributed by atoms with E-state index in [4.69, 9.17) is 0 Å². The molecule has 0 saturated carbocycles. The summed E-state index contributed by atoms with van der Waals surface area (Å²) in [5.74, 6) is -0.0463. The molecule has 0 aromatic rings. The maximum absolute atomic E-state index is 11.7. The Bertz CT molecular complexity index is 74.0. The maximum atomic E-state index is 11.7. The molecule has 0 heterocycles. The van der Waals surface area contributed by atoms with E-state index in [0.29, 0.717) is 6.42 Å². The molecule has 0 aromatic heterocycles. The zero-order chi connectivity index (χ0) is 4.41. The fourth-order valence-electron chi connectivity index (χ4n) is 0.556. The summed E-state index contributed by atoms with van der Waals surface area (Å²) in [5, 5.41) is 0. The molecule has 1 radical (unpaired) electrons. The van der Waals surface area contributed by atoms with Crippen molar-refractivity contribution in [2.24, 2.45) is 0 Å². The van der Waals surface area contributed by atoms with Crippen molar-refractivity contribution >= 4 is 0 Å². The van der Waals surface area contributed by atoms with Crippen LogP contribution < -0.4 is 0 Å². The summed E-state index contributed by atoms with van der Waals surface area (Å²) in [7, 11) is 0. The fourth-order valence-corrected chi connectivity index (χ4v) is 0.556. The number of allylic oxidation sites excluding steroid dienone is 2. The van der Waals surface area contributed by atoms with Crippen molar-refractivity contribution in [2.75, 3.05) is 0 Å². The predicted molar refractivity (Wildman–Crippen MR) is 21.7 cm³/mol. The molecule has 0 spiro atoms. The lowest BCUT2D eigenvalue weighted by atomic mass is 10.4. The normalized spacial score (nSPS) is 21.2. The zero-order valence-electron chi connectivity index (χ0n) is 3.50. The van der Waals surface area contributed by atoms with E-state index in [1.807, 2.05) is 0 Å². The second kappa shape index (κ2) is 1.41. The van der Waals surface area contributed by atoms with Crippen LogP contribution in [0.2, 0.25) is 0 Å². The summed E-state index contributed by atoms with van der Waals surface area (Å²) in [6.45, 7) is 0. The fraction of sp³-hybridized carbons (Fsp3) is 0.600. The molecule has 0 fully saturated rings. The van der Waals surface area contributed by atoms with Crippen LogP contribution in [0.1, 0.15) is 19.3 Å². The summed E-state index contributed by atoms with van der Waals surface area (Å²) >= 11 is 0. The Morgan fingerprint density at radius 1 is 1.67 bits per heavy atom. The van der Waals surface area contributed by atoms with Gasteiger partial charge in [0.25, 0.3) is 0 Å². The van der Waals surface area contributed by atoms with E-state index >= 15 is 0 Å².